The highest BCUT2D eigenvalue weighted by Crippen LogP contribution is 2.26. The first-order valence-electron chi connectivity index (χ1n) is 10.6. The van der Waals surface area contributed by atoms with Crippen LogP contribution in [0.15, 0.2) is 73.1 Å². The number of nitrogens with zero attached hydrogens (tertiary/aromatic N) is 4. The van der Waals surface area contributed by atoms with Gasteiger partial charge in [0.15, 0.2) is 5.65 Å². The average Bonchev–Trinajstić information content (AvgIpc) is 3.24. The Bertz CT molecular complexity index is 1210. The monoisotopic (exact) mass is 430 g/mol. The van der Waals surface area contributed by atoms with E-state index in [9.17, 15) is 4.79 Å². The Balaban J connectivity index is 1.33. The lowest BCUT2D eigenvalue weighted by Crippen LogP contribution is -2.38. The summed E-state index contributed by atoms with van der Waals surface area (Å²) in [4.78, 5) is 19.6. The molecule has 2 aromatic heterocycles. The average molecular weight is 431 g/mol. The van der Waals surface area contributed by atoms with Crippen LogP contribution < -0.4 is 0 Å². The van der Waals surface area contributed by atoms with Gasteiger partial charge < -0.3 is 4.90 Å². The summed E-state index contributed by atoms with van der Waals surface area (Å²) >= 11 is 6.16. The quantitative estimate of drug-likeness (QED) is 0.450. The Labute approximate surface area is 186 Å². The molecule has 0 N–H and O–H groups in total. The maximum atomic E-state index is 13.3. The van der Waals surface area contributed by atoms with Gasteiger partial charge in [0.2, 0.25) is 0 Å². The predicted molar refractivity (Wildman–Crippen MR) is 122 cm³/mol. The first-order chi connectivity index (χ1) is 15.2. The molecule has 4 aromatic rings. The summed E-state index contributed by atoms with van der Waals surface area (Å²) in [5.74, 6) is 0.617. The minimum atomic E-state index is 0.00362. The maximum absolute atomic E-state index is 13.3. The van der Waals surface area contributed by atoms with Gasteiger partial charge in [-0.2, -0.15) is 5.10 Å². The van der Waals surface area contributed by atoms with Crippen LogP contribution in [0.2, 0.25) is 5.02 Å². The summed E-state index contributed by atoms with van der Waals surface area (Å²) in [6.07, 6.45) is 6.46. The number of hydrogen-bond acceptors (Lipinski definition) is 3. The number of amides is 1. The Kier molecular flexibility index (Phi) is 5.43. The lowest BCUT2D eigenvalue weighted by molar-refractivity contribution is 0.0692. The van der Waals surface area contributed by atoms with Crippen LogP contribution in [0.25, 0.3) is 16.9 Å². The van der Waals surface area contributed by atoms with Gasteiger partial charge in [-0.05, 0) is 48.9 Å². The van der Waals surface area contributed by atoms with Crippen molar-refractivity contribution in [3.8, 4) is 11.3 Å². The van der Waals surface area contributed by atoms with Gasteiger partial charge in [0, 0.05) is 29.9 Å². The van der Waals surface area contributed by atoms with E-state index in [1.165, 1.54) is 5.56 Å². The zero-order valence-electron chi connectivity index (χ0n) is 17.1. The summed E-state index contributed by atoms with van der Waals surface area (Å²) in [7, 11) is 0. The summed E-state index contributed by atoms with van der Waals surface area (Å²) in [5.41, 5.74) is 4.28. The van der Waals surface area contributed by atoms with Crippen molar-refractivity contribution in [2.24, 2.45) is 5.92 Å². The van der Waals surface area contributed by atoms with Crippen LogP contribution in [0.5, 0.6) is 0 Å². The molecule has 0 atom stereocenters. The number of benzene rings is 2. The lowest BCUT2D eigenvalue weighted by atomic mass is 9.90. The summed E-state index contributed by atoms with van der Waals surface area (Å²) < 4.78 is 1.72. The SMILES string of the molecule is O=C(c1cnn2c(-c3cccc(Cl)c3)ccnc12)N1CCC(Cc2ccccc2)CC1. The van der Waals surface area contributed by atoms with Gasteiger partial charge in [-0.3, -0.25) is 4.79 Å². The number of piperidine rings is 1. The normalized spacial score (nSPS) is 14.8. The van der Waals surface area contributed by atoms with Crippen LogP contribution >= 0.6 is 11.6 Å². The molecule has 5 rings (SSSR count). The number of fused-ring (bicyclic) bond motifs is 1. The van der Waals surface area contributed by atoms with E-state index in [0.29, 0.717) is 22.2 Å². The van der Waals surface area contributed by atoms with Gasteiger partial charge in [-0.15, -0.1) is 0 Å². The second kappa shape index (κ2) is 8.52. The van der Waals surface area contributed by atoms with Crippen molar-refractivity contribution in [1.82, 2.24) is 19.5 Å². The molecule has 1 fully saturated rings. The molecule has 1 aliphatic rings. The zero-order chi connectivity index (χ0) is 21.2. The molecule has 0 bridgehead atoms. The molecule has 1 saturated heterocycles. The molecule has 3 heterocycles. The molecule has 2 aromatic carbocycles. The molecule has 0 radical (unpaired) electrons. The fourth-order valence-electron chi connectivity index (χ4n) is 4.37. The summed E-state index contributed by atoms with van der Waals surface area (Å²) in [6, 6.07) is 20.1. The van der Waals surface area contributed by atoms with Crippen LogP contribution in [0.1, 0.15) is 28.8 Å². The summed E-state index contributed by atoms with van der Waals surface area (Å²) in [5, 5.41) is 5.13. The maximum Gasteiger partial charge on any atom is 0.259 e. The Morgan fingerprint density at radius 1 is 1.03 bits per heavy atom. The smallest absolute Gasteiger partial charge is 0.259 e. The fraction of sp³-hybridized carbons (Fsp3) is 0.240. The molecule has 0 saturated carbocycles. The molecule has 1 aliphatic heterocycles. The molecule has 0 unspecified atom stereocenters. The van der Waals surface area contributed by atoms with Gasteiger partial charge in [-0.1, -0.05) is 54.1 Å². The Morgan fingerprint density at radius 2 is 1.84 bits per heavy atom. The predicted octanol–water partition coefficient (Wildman–Crippen LogP) is 5.14. The van der Waals surface area contributed by atoms with Crippen molar-refractivity contribution < 1.29 is 4.79 Å². The van der Waals surface area contributed by atoms with Gasteiger partial charge in [0.25, 0.3) is 5.91 Å². The van der Waals surface area contributed by atoms with Crippen molar-refractivity contribution in [2.45, 2.75) is 19.3 Å². The highest BCUT2D eigenvalue weighted by molar-refractivity contribution is 6.30. The summed E-state index contributed by atoms with van der Waals surface area (Å²) in [6.45, 7) is 1.53. The van der Waals surface area contributed by atoms with Gasteiger partial charge in [0.1, 0.15) is 5.56 Å². The molecule has 0 aliphatic carbocycles. The third-order valence-electron chi connectivity index (χ3n) is 6.02. The van der Waals surface area contributed by atoms with Gasteiger partial charge >= 0.3 is 0 Å². The largest absolute Gasteiger partial charge is 0.338 e. The lowest BCUT2D eigenvalue weighted by Gasteiger charge is -2.32. The first kappa shape index (κ1) is 19.8. The highest BCUT2D eigenvalue weighted by Gasteiger charge is 2.26. The Morgan fingerprint density at radius 3 is 2.61 bits per heavy atom. The number of aromatic nitrogens is 3. The molecule has 6 heteroatoms. The first-order valence-corrected chi connectivity index (χ1v) is 11.0. The van der Waals surface area contributed by atoms with Crippen molar-refractivity contribution >= 4 is 23.2 Å². The molecule has 0 spiro atoms. The van der Waals surface area contributed by atoms with E-state index >= 15 is 0 Å². The van der Waals surface area contributed by atoms with Crippen molar-refractivity contribution in [3.05, 3.63) is 89.2 Å². The van der Waals surface area contributed by atoms with Crippen LogP contribution in [0.4, 0.5) is 0 Å². The molecule has 156 valence electrons. The van der Waals surface area contributed by atoms with E-state index in [-0.39, 0.29) is 5.91 Å². The van der Waals surface area contributed by atoms with Crippen molar-refractivity contribution in [2.75, 3.05) is 13.1 Å². The van der Waals surface area contributed by atoms with Crippen molar-refractivity contribution in [1.29, 1.82) is 0 Å². The number of carbonyl (C=O) groups excluding carboxylic acids is 1. The van der Waals surface area contributed by atoms with Crippen molar-refractivity contribution in [3.63, 3.8) is 0 Å². The van der Waals surface area contributed by atoms with E-state index in [0.717, 1.165) is 43.6 Å². The molecule has 1 amide bonds. The number of halogens is 1. The zero-order valence-corrected chi connectivity index (χ0v) is 17.9. The van der Waals surface area contributed by atoms with Gasteiger partial charge in [0.05, 0.1) is 11.9 Å². The second-order valence-corrected chi connectivity index (χ2v) is 8.50. The molecule has 31 heavy (non-hydrogen) atoms. The van der Waals surface area contributed by atoms with Crippen LogP contribution in [-0.4, -0.2) is 38.5 Å². The minimum absolute atomic E-state index is 0.00362. The van der Waals surface area contributed by atoms with E-state index in [1.807, 2.05) is 41.3 Å². The van der Waals surface area contributed by atoms with Crippen LogP contribution in [0.3, 0.4) is 0 Å². The number of carbonyl (C=O) groups is 1. The topological polar surface area (TPSA) is 50.5 Å². The number of hydrogen-bond donors (Lipinski definition) is 0. The van der Waals surface area contributed by atoms with Crippen LogP contribution in [0, 0.1) is 5.92 Å². The standard InChI is InChI=1S/C25H23ClN4O/c26-21-8-4-7-20(16-21)23-9-12-27-24-22(17-28-30(23)24)25(31)29-13-10-19(11-14-29)15-18-5-2-1-3-6-18/h1-9,12,16-17,19H,10-11,13-15H2. The Hall–Kier alpha value is -3.18. The third-order valence-corrected chi connectivity index (χ3v) is 6.26. The highest BCUT2D eigenvalue weighted by atomic mass is 35.5. The minimum Gasteiger partial charge on any atom is -0.338 e. The van der Waals surface area contributed by atoms with E-state index < -0.39 is 0 Å². The van der Waals surface area contributed by atoms with Gasteiger partial charge in [-0.25, -0.2) is 9.50 Å². The van der Waals surface area contributed by atoms with E-state index in [1.54, 1.807) is 16.9 Å². The molecular formula is C25H23ClN4O. The number of rotatable bonds is 4. The molecule has 5 nitrogen and oxygen atoms in total. The van der Waals surface area contributed by atoms with E-state index in [4.69, 9.17) is 11.6 Å². The van der Waals surface area contributed by atoms with E-state index in [2.05, 4.69) is 34.3 Å². The third kappa shape index (κ3) is 4.06. The number of likely N-dealkylation sites (tertiary alicyclic amines) is 1. The molecular weight excluding hydrogens is 408 g/mol. The fourth-order valence-corrected chi connectivity index (χ4v) is 4.56. The van der Waals surface area contributed by atoms with Crippen LogP contribution in [-0.2, 0) is 6.42 Å². The second-order valence-electron chi connectivity index (χ2n) is 8.06.